The van der Waals surface area contributed by atoms with Crippen molar-refractivity contribution in [3.63, 3.8) is 0 Å². The number of hydrogen-bond acceptors (Lipinski definition) is 5. The van der Waals surface area contributed by atoms with E-state index in [4.69, 9.17) is 4.74 Å². The Labute approximate surface area is 147 Å². The Kier molecular flexibility index (Phi) is 5.15. The highest BCUT2D eigenvalue weighted by molar-refractivity contribution is 7.89. The molecule has 0 bridgehead atoms. The minimum atomic E-state index is -3.56. The van der Waals surface area contributed by atoms with E-state index in [1.54, 1.807) is 30.5 Å². The summed E-state index contributed by atoms with van der Waals surface area (Å²) in [6, 6.07) is 12.3. The van der Waals surface area contributed by atoms with Gasteiger partial charge >= 0.3 is 5.97 Å². The van der Waals surface area contributed by atoms with Crippen LogP contribution < -0.4 is 0 Å². The topological polar surface area (TPSA) is 76.6 Å². The summed E-state index contributed by atoms with van der Waals surface area (Å²) in [6.45, 7) is 0.647. The number of pyridine rings is 1. The number of nitrogens with zero attached hydrogens (tertiary/aromatic N) is 2. The number of methoxy groups -OCH3 is 1. The van der Waals surface area contributed by atoms with Crippen LogP contribution in [-0.2, 0) is 19.6 Å². The molecule has 0 radical (unpaired) electrons. The number of esters is 1. The first-order chi connectivity index (χ1) is 12.0. The molecule has 25 heavy (non-hydrogen) atoms. The highest BCUT2D eigenvalue weighted by atomic mass is 32.2. The molecule has 7 heteroatoms. The molecule has 0 saturated carbocycles. The van der Waals surface area contributed by atoms with Crippen LogP contribution in [0.3, 0.4) is 0 Å². The zero-order valence-electron chi connectivity index (χ0n) is 14.0. The van der Waals surface area contributed by atoms with Crippen LogP contribution in [-0.4, -0.2) is 43.9 Å². The molecule has 1 aromatic carbocycles. The molecule has 0 atom stereocenters. The summed E-state index contributed by atoms with van der Waals surface area (Å²) in [5.41, 5.74) is 1.66. The molecule has 0 N–H and O–H groups in total. The fraction of sp³-hybridized carbons (Fsp3) is 0.333. The monoisotopic (exact) mass is 360 g/mol. The highest BCUT2D eigenvalue weighted by Gasteiger charge is 2.32. The number of carbonyl (C=O) groups is 1. The second-order valence-electron chi connectivity index (χ2n) is 5.94. The molecule has 6 nitrogen and oxygen atoms in total. The largest absolute Gasteiger partial charge is 0.469 e. The maximum atomic E-state index is 12.8. The Balaban J connectivity index is 1.74. The Morgan fingerprint density at radius 3 is 2.36 bits per heavy atom. The molecule has 2 aromatic rings. The molecule has 3 rings (SSSR count). The first-order valence-corrected chi connectivity index (χ1v) is 9.56. The molecular weight excluding hydrogens is 340 g/mol. The van der Waals surface area contributed by atoms with Gasteiger partial charge < -0.3 is 4.74 Å². The average molecular weight is 360 g/mol. The fourth-order valence-electron chi connectivity index (χ4n) is 2.98. The third kappa shape index (κ3) is 3.72. The van der Waals surface area contributed by atoms with Crippen molar-refractivity contribution in [2.24, 2.45) is 5.92 Å². The van der Waals surface area contributed by atoms with Crippen LogP contribution in [0, 0.1) is 5.92 Å². The summed E-state index contributed by atoms with van der Waals surface area (Å²) in [4.78, 5) is 16.1. The van der Waals surface area contributed by atoms with Gasteiger partial charge in [-0.2, -0.15) is 4.31 Å². The summed E-state index contributed by atoms with van der Waals surface area (Å²) < 4.78 is 31.7. The van der Waals surface area contributed by atoms with Gasteiger partial charge in [-0.1, -0.05) is 18.2 Å². The van der Waals surface area contributed by atoms with Crippen molar-refractivity contribution in [1.29, 1.82) is 0 Å². The Morgan fingerprint density at radius 1 is 1.12 bits per heavy atom. The first-order valence-electron chi connectivity index (χ1n) is 8.12. The van der Waals surface area contributed by atoms with E-state index in [0.717, 1.165) is 11.3 Å². The van der Waals surface area contributed by atoms with Gasteiger partial charge in [0.15, 0.2) is 0 Å². The molecule has 2 heterocycles. The third-order valence-corrected chi connectivity index (χ3v) is 6.35. The molecule has 0 unspecified atom stereocenters. The van der Waals surface area contributed by atoms with Gasteiger partial charge in [0.1, 0.15) is 0 Å². The normalized spacial score (nSPS) is 16.5. The van der Waals surface area contributed by atoms with Crippen molar-refractivity contribution < 1.29 is 17.9 Å². The van der Waals surface area contributed by atoms with Gasteiger partial charge in [0.2, 0.25) is 10.0 Å². The Hall–Kier alpha value is -2.25. The number of benzene rings is 1. The maximum Gasteiger partial charge on any atom is 0.308 e. The predicted molar refractivity (Wildman–Crippen MR) is 93.2 cm³/mol. The maximum absolute atomic E-state index is 12.8. The lowest BCUT2D eigenvalue weighted by molar-refractivity contribution is -0.146. The van der Waals surface area contributed by atoms with E-state index in [2.05, 4.69) is 4.98 Å². The van der Waals surface area contributed by atoms with E-state index in [1.165, 1.54) is 11.4 Å². The van der Waals surface area contributed by atoms with E-state index in [-0.39, 0.29) is 16.8 Å². The average Bonchev–Trinajstić information content (AvgIpc) is 2.68. The van der Waals surface area contributed by atoms with Gasteiger partial charge in [-0.25, -0.2) is 8.42 Å². The van der Waals surface area contributed by atoms with Gasteiger partial charge in [-0.3, -0.25) is 9.78 Å². The van der Waals surface area contributed by atoms with Crippen molar-refractivity contribution in [3.05, 3.63) is 48.7 Å². The lowest BCUT2D eigenvalue weighted by atomic mass is 9.99. The van der Waals surface area contributed by atoms with E-state index in [0.29, 0.717) is 25.9 Å². The molecular formula is C18H20N2O4S. The standard InChI is InChI=1S/C18H20N2O4S/c1-24-18(21)15-9-12-20(13-10-15)25(22,23)16-7-5-14(6-8-16)17-4-2-3-11-19-17/h2-8,11,15H,9-10,12-13H2,1H3. The van der Waals surface area contributed by atoms with E-state index in [9.17, 15) is 13.2 Å². The van der Waals surface area contributed by atoms with Gasteiger partial charge in [-0.15, -0.1) is 0 Å². The zero-order valence-corrected chi connectivity index (χ0v) is 14.8. The lowest BCUT2D eigenvalue weighted by Crippen LogP contribution is -2.40. The molecule has 1 fully saturated rings. The molecule has 1 aromatic heterocycles. The number of aromatic nitrogens is 1. The molecule has 1 aliphatic rings. The Bertz CT molecular complexity index is 827. The zero-order chi connectivity index (χ0) is 17.9. The van der Waals surface area contributed by atoms with E-state index < -0.39 is 10.0 Å². The van der Waals surface area contributed by atoms with Gasteiger partial charge in [-0.05, 0) is 37.1 Å². The summed E-state index contributed by atoms with van der Waals surface area (Å²) in [7, 11) is -2.20. The minimum Gasteiger partial charge on any atom is -0.469 e. The summed E-state index contributed by atoms with van der Waals surface area (Å²) in [5, 5.41) is 0. The van der Waals surface area contributed by atoms with E-state index >= 15 is 0 Å². The van der Waals surface area contributed by atoms with Crippen molar-refractivity contribution in [2.45, 2.75) is 17.7 Å². The van der Waals surface area contributed by atoms with Crippen molar-refractivity contribution in [3.8, 4) is 11.3 Å². The number of sulfonamides is 1. The second kappa shape index (κ2) is 7.33. The van der Waals surface area contributed by atoms with Crippen LogP contribution in [0.2, 0.25) is 0 Å². The number of piperidine rings is 1. The van der Waals surface area contributed by atoms with Crippen LogP contribution in [0.5, 0.6) is 0 Å². The smallest absolute Gasteiger partial charge is 0.308 e. The summed E-state index contributed by atoms with van der Waals surface area (Å²) >= 11 is 0. The van der Waals surface area contributed by atoms with Crippen molar-refractivity contribution >= 4 is 16.0 Å². The number of ether oxygens (including phenoxy) is 1. The number of rotatable bonds is 4. The van der Waals surface area contributed by atoms with Crippen molar-refractivity contribution in [1.82, 2.24) is 9.29 Å². The lowest BCUT2D eigenvalue weighted by Gasteiger charge is -2.29. The van der Waals surface area contributed by atoms with Crippen LogP contribution in [0.25, 0.3) is 11.3 Å². The first kappa shape index (κ1) is 17.6. The predicted octanol–water partition coefficient (Wildman–Crippen LogP) is 2.32. The minimum absolute atomic E-state index is 0.219. The van der Waals surface area contributed by atoms with Crippen LogP contribution in [0.1, 0.15) is 12.8 Å². The quantitative estimate of drug-likeness (QED) is 0.782. The Morgan fingerprint density at radius 2 is 1.80 bits per heavy atom. The third-order valence-electron chi connectivity index (χ3n) is 4.44. The number of carbonyl (C=O) groups excluding carboxylic acids is 1. The van der Waals surface area contributed by atoms with Gasteiger partial charge in [0.25, 0.3) is 0 Å². The van der Waals surface area contributed by atoms with E-state index in [1.807, 2.05) is 18.2 Å². The molecule has 0 amide bonds. The highest BCUT2D eigenvalue weighted by Crippen LogP contribution is 2.26. The molecule has 1 saturated heterocycles. The summed E-state index contributed by atoms with van der Waals surface area (Å²) in [6.07, 6.45) is 2.67. The van der Waals surface area contributed by atoms with Crippen LogP contribution >= 0.6 is 0 Å². The number of hydrogen-bond donors (Lipinski definition) is 0. The second-order valence-corrected chi connectivity index (χ2v) is 7.88. The van der Waals surface area contributed by atoms with Crippen LogP contribution in [0.15, 0.2) is 53.6 Å². The molecule has 132 valence electrons. The van der Waals surface area contributed by atoms with Crippen LogP contribution in [0.4, 0.5) is 0 Å². The van der Waals surface area contributed by atoms with Crippen molar-refractivity contribution in [2.75, 3.05) is 20.2 Å². The van der Waals surface area contributed by atoms with Gasteiger partial charge in [0.05, 0.1) is 23.6 Å². The molecule has 1 aliphatic heterocycles. The molecule has 0 spiro atoms. The summed E-state index contributed by atoms with van der Waals surface area (Å²) in [5.74, 6) is -0.486. The fourth-order valence-corrected chi connectivity index (χ4v) is 4.45. The van der Waals surface area contributed by atoms with Gasteiger partial charge in [0, 0.05) is 24.8 Å². The SMILES string of the molecule is COC(=O)C1CCN(S(=O)(=O)c2ccc(-c3ccccn3)cc2)CC1. The molecule has 0 aliphatic carbocycles.